The molecule has 0 saturated heterocycles. The molecule has 0 saturated carbocycles. The van der Waals surface area contributed by atoms with Gasteiger partial charge in [0.05, 0.1) is 13.2 Å². The van der Waals surface area contributed by atoms with Crippen molar-refractivity contribution in [3.05, 3.63) is 46.5 Å². The molecule has 0 fully saturated rings. The predicted octanol–water partition coefficient (Wildman–Crippen LogP) is 3.79. The molecule has 24 heavy (non-hydrogen) atoms. The van der Waals surface area contributed by atoms with Crippen molar-refractivity contribution in [1.29, 1.82) is 0 Å². The maximum Gasteiger partial charge on any atom is 0.191 e. The Morgan fingerprint density at radius 3 is 2.88 bits per heavy atom. The molecular weight excluding hydrogens is 437 g/mol. The van der Waals surface area contributed by atoms with Crippen LogP contribution >= 0.6 is 35.6 Å². The first-order chi connectivity index (χ1) is 11.3. The van der Waals surface area contributed by atoms with Gasteiger partial charge in [-0.1, -0.05) is 35.4 Å². The van der Waals surface area contributed by atoms with Crippen molar-refractivity contribution in [1.82, 2.24) is 10.6 Å². The molecule has 2 rings (SSSR count). The standard InChI is InChI=1S/C18H26ClN3O.HI/c1-2-20-18(21-10-6-15-8-12-23-13-9-15)22-11-7-16-4-3-5-17(19)14-16;/h3-5,8,14H,2,6-7,9-13H2,1H3,(H2,20,21,22);1H. The Kier molecular flexibility index (Phi) is 11.1. The van der Waals surface area contributed by atoms with Crippen LogP contribution in [-0.4, -0.2) is 38.8 Å². The number of rotatable bonds is 7. The largest absolute Gasteiger partial charge is 0.377 e. The number of aliphatic imine (C=N–C) groups is 1. The zero-order valence-electron chi connectivity index (χ0n) is 14.2. The molecule has 1 aromatic rings. The van der Waals surface area contributed by atoms with Crippen molar-refractivity contribution in [3.63, 3.8) is 0 Å². The van der Waals surface area contributed by atoms with Gasteiger partial charge in [0, 0.05) is 24.7 Å². The number of nitrogens with zero attached hydrogens (tertiary/aromatic N) is 1. The summed E-state index contributed by atoms with van der Waals surface area (Å²) in [5.74, 6) is 0.877. The lowest BCUT2D eigenvalue weighted by Gasteiger charge is -2.14. The second-order valence-corrected chi connectivity index (χ2v) is 5.94. The third-order valence-electron chi connectivity index (χ3n) is 3.70. The molecule has 0 atom stereocenters. The van der Waals surface area contributed by atoms with Crippen LogP contribution in [0.2, 0.25) is 5.02 Å². The number of hydrogen-bond donors (Lipinski definition) is 2. The highest BCUT2D eigenvalue weighted by Gasteiger charge is 2.03. The fourth-order valence-electron chi connectivity index (χ4n) is 2.46. The Hall–Kier alpha value is -0.790. The van der Waals surface area contributed by atoms with Gasteiger partial charge in [0.2, 0.25) is 0 Å². The molecule has 0 radical (unpaired) electrons. The van der Waals surface area contributed by atoms with E-state index in [9.17, 15) is 0 Å². The zero-order valence-corrected chi connectivity index (χ0v) is 17.3. The Labute approximate surface area is 167 Å². The summed E-state index contributed by atoms with van der Waals surface area (Å²) in [4.78, 5) is 4.64. The normalized spacial score (nSPS) is 14.6. The molecule has 1 aliphatic heterocycles. The highest BCUT2D eigenvalue weighted by Crippen LogP contribution is 2.12. The minimum absolute atomic E-state index is 0. The van der Waals surface area contributed by atoms with Crippen LogP contribution < -0.4 is 10.6 Å². The van der Waals surface area contributed by atoms with Gasteiger partial charge >= 0.3 is 0 Å². The van der Waals surface area contributed by atoms with Crippen molar-refractivity contribution >= 4 is 41.5 Å². The lowest BCUT2D eigenvalue weighted by atomic mass is 10.1. The van der Waals surface area contributed by atoms with E-state index in [-0.39, 0.29) is 24.0 Å². The molecule has 0 spiro atoms. The zero-order chi connectivity index (χ0) is 16.3. The van der Waals surface area contributed by atoms with Crippen LogP contribution in [0, 0.1) is 0 Å². The maximum atomic E-state index is 6.01. The number of hydrogen-bond acceptors (Lipinski definition) is 2. The van der Waals surface area contributed by atoms with E-state index in [0.29, 0.717) is 0 Å². The highest BCUT2D eigenvalue weighted by atomic mass is 127. The summed E-state index contributed by atoms with van der Waals surface area (Å²) >= 11 is 6.01. The van der Waals surface area contributed by atoms with E-state index in [2.05, 4.69) is 34.7 Å². The van der Waals surface area contributed by atoms with Gasteiger partial charge in [-0.2, -0.15) is 0 Å². The van der Waals surface area contributed by atoms with Crippen LogP contribution in [0.3, 0.4) is 0 Å². The Morgan fingerprint density at radius 1 is 1.29 bits per heavy atom. The van der Waals surface area contributed by atoms with Crippen LogP contribution in [0.1, 0.15) is 25.3 Å². The van der Waals surface area contributed by atoms with Gasteiger partial charge in [-0.25, -0.2) is 0 Å². The van der Waals surface area contributed by atoms with Crippen molar-refractivity contribution in [2.24, 2.45) is 4.99 Å². The smallest absolute Gasteiger partial charge is 0.191 e. The topological polar surface area (TPSA) is 45.7 Å². The third kappa shape index (κ3) is 8.35. The number of halogens is 2. The van der Waals surface area contributed by atoms with Crippen molar-refractivity contribution in [2.45, 2.75) is 26.2 Å². The summed E-state index contributed by atoms with van der Waals surface area (Å²) in [6.45, 7) is 6.17. The van der Waals surface area contributed by atoms with E-state index in [1.54, 1.807) is 0 Å². The fraction of sp³-hybridized carbons (Fsp3) is 0.500. The summed E-state index contributed by atoms with van der Waals surface area (Å²) in [5, 5.41) is 7.45. The number of guanidine groups is 1. The summed E-state index contributed by atoms with van der Waals surface area (Å²) in [6, 6.07) is 7.98. The third-order valence-corrected chi connectivity index (χ3v) is 3.93. The van der Waals surface area contributed by atoms with Gasteiger partial charge in [-0.05, 0) is 43.9 Å². The van der Waals surface area contributed by atoms with Gasteiger partial charge in [0.25, 0.3) is 0 Å². The minimum atomic E-state index is 0. The summed E-state index contributed by atoms with van der Waals surface area (Å²) in [5.41, 5.74) is 2.68. The second kappa shape index (κ2) is 12.6. The van der Waals surface area contributed by atoms with E-state index >= 15 is 0 Å². The van der Waals surface area contributed by atoms with Gasteiger partial charge in [-0.3, -0.25) is 4.99 Å². The SMILES string of the molecule is CCNC(=NCCC1=CCOCC1)NCCc1cccc(Cl)c1.I. The van der Waals surface area contributed by atoms with Crippen molar-refractivity contribution < 1.29 is 4.74 Å². The molecule has 0 bridgehead atoms. The van der Waals surface area contributed by atoms with Gasteiger partial charge < -0.3 is 15.4 Å². The molecule has 6 heteroatoms. The second-order valence-electron chi connectivity index (χ2n) is 5.50. The predicted molar refractivity (Wildman–Crippen MR) is 113 cm³/mol. The summed E-state index contributed by atoms with van der Waals surface area (Å²) < 4.78 is 5.32. The van der Waals surface area contributed by atoms with E-state index in [1.807, 2.05) is 18.2 Å². The van der Waals surface area contributed by atoms with Crippen LogP contribution in [0.4, 0.5) is 0 Å². The Bertz CT molecular complexity index is 549. The Balaban J connectivity index is 0.00000288. The lowest BCUT2D eigenvalue weighted by Crippen LogP contribution is -2.38. The average Bonchev–Trinajstić information content (AvgIpc) is 2.56. The first kappa shape index (κ1) is 21.3. The quantitative estimate of drug-likeness (QED) is 0.280. The Morgan fingerprint density at radius 2 is 2.17 bits per heavy atom. The molecule has 4 nitrogen and oxygen atoms in total. The molecule has 134 valence electrons. The van der Waals surface area contributed by atoms with E-state index in [1.165, 1.54) is 11.1 Å². The van der Waals surface area contributed by atoms with Crippen molar-refractivity contribution in [2.75, 3.05) is 32.8 Å². The van der Waals surface area contributed by atoms with E-state index in [4.69, 9.17) is 16.3 Å². The van der Waals surface area contributed by atoms with Crippen LogP contribution in [0.25, 0.3) is 0 Å². The highest BCUT2D eigenvalue weighted by molar-refractivity contribution is 14.0. The lowest BCUT2D eigenvalue weighted by molar-refractivity contribution is 0.153. The minimum Gasteiger partial charge on any atom is -0.377 e. The maximum absolute atomic E-state index is 6.01. The first-order valence-electron chi connectivity index (χ1n) is 8.30. The molecule has 1 aliphatic rings. The molecule has 0 aromatic heterocycles. The molecule has 1 heterocycles. The summed E-state index contributed by atoms with van der Waals surface area (Å²) in [7, 11) is 0. The summed E-state index contributed by atoms with van der Waals surface area (Å²) in [6.07, 6.45) is 5.15. The molecule has 0 amide bonds. The van der Waals surface area contributed by atoms with Crippen LogP contribution in [0.5, 0.6) is 0 Å². The fourth-order valence-corrected chi connectivity index (χ4v) is 2.68. The molecule has 2 N–H and O–H groups in total. The van der Waals surface area contributed by atoms with Crippen LogP contribution in [-0.2, 0) is 11.2 Å². The molecule has 1 aromatic carbocycles. The van der Waals surface area contributed by atoms with Gasteiger partial charge in [-0.15, -0.1) is 24.0 Å². The number of ether oxygens (including phenoxy) is 1. The van der Waals surface area contributed by atoms with E-state index < -0.39 is 0 Å². The monoisotopic (exact) mass is 463 g/mol. The molecule has 0 aliphatic carbocycles. The van der Waals surface area contributed by atoms with Crippen LogP contribution in [0.15, 0.2) is 40.9 Å². The average molecular weight is 464 g/mol. The van der Waals surface area contributed by atoms with Gasteiger partial charge in [0.1, 0.15) is 0 Å². The van der Waals surface area contributed by atoms with E-state index in [0.717, 1.165) is 63.1 Å². The first-order valence-corrected chi connectivity index (χ1v) is 8.68. The van der Waals surface area contributed by atoms with Crippen molar-refractivity contribution in [3.8, 4) is 0 Å². The molecular formula is C18H27ClIN3O. The van der Waals surface area contributed by atoms with Gasteiger partial charge in [0.15, 0.2) is 5.96 Å². The number of benzene rings is 1. The number of nitrogens with one attached hydrogen (secondary N) is 2. The molecule has 0 unspecified atom stereocenters.